The van der Waals surface area contributed by atoms with Crippen LogP contribution in [0.4, 0.5) is 10.5 Å². The lowest BCUT2D eigenvalue weighted by atomic mass is 10.2. The number of urea groups is 1. The molecule has 19 heavy (non-hydrogen) atoms. The SMILES string of the molecule is CCC[C@H](C)NC(=O)Nc1cccc(C(=O)NC)c1. The van der Waals surface area contributed by atoms with Gasteiger partial charge in [-0.1, -0.05) is 19.4 Å². The fourth-order valence-electron chi connectivity index (χ4n) is 1.78. The van der Waals surface area contributed by atoms with Crippen molar-refractivity contribution >= 4 is 17.6 Å². The van der Waals surface area contributed by atoms with Gasteiger partial charge >= 0.3 is 6.03 Å². The minimum atomic E-state index is -0.255. The van der Waals surface area contributed by atoms with E-state index in [1.807, 2.05) is 6.92 Å². The zero-order chi connectivity index (χ0) is 14.3. The van der Waals surface area contributed by atoms with E-state index >= 15 is 0 Å². The lowest BCUT2D eigenvalue weighted by molar-refractivity contribution is 0.0963. The molecule has 0 aliphatic heterocycles. The van der Waals surface area contributed by atoms with Gasteiger partial charge in [0.25, 0.3) is 5.91 Å². The molecule has 0 saturated carbocycles. The zero-order valence-corrected chi connectivity index (χ0v) is 11.6. The predicted molar refractivity (Wildman–Crippen MR) is 76.4 cm³/mol. The van der Waals surface area contributed by atoms with Crippen LogP contribution in [0.25, 0.3) is 0 Å². The number of hydrogen-bond donors (Lipinski definition) is 3. The Bertz CT molecular complexity index is 446. The molecule has 0 saturated heterocycles. The van der Waals surface area contributed by atoms with Gasteiger partial charge in [-0.3, -0.25) is 4.79 Å². The lowest BCUT2D eigenvalue weighted by Gasteiger charge is -2.14. The molecule has 1 aromatic carbocycles. The van der Waals surface area contributed by atoms with E-state index in [0.717, 1.165) is 12.8 Å². The number of hydrogen-bond acceptors (Lipinski definition) is 2. The number of carbonyl (C=O) groups is 2. The van der Waals surface area contributed by atoms with Crippen molar-refractivity contribution in [3.63, 3.8) is 0 Å². The molecular formula is C14H21N3O2. The second kappa shape index (κ2) is 7.41. The molecule has 0 bridgehead atoms. The van der Waals surface area contributed by atoms with Gasteiger partial charge in [-0.25, -0.2) is 4.79 Å². The van der Waals surface area contributed by atoms with Gasteiger partial charge in [0.05, 0.1) is 0 Å². The van der Waals surface area contributed by atoms with E-state index in [1.54, 1.807) is 31.3 Å². The van der Waals surface area contributed by atoms with E-state index in [0.29, 0.717) is 11.3 Å². The Morgan fingerprint density at radius 1 is 1.32 bits per heavy atom. The normalized spacial score (nSPS) is 11.5. The second-order valence-electron chi connectivity index (χ2n) is 4.45. The number of carbonyl (C=O) groups excluding carboxylic acids is 2. The van der Waals surface area contributed by atoms with E-state index in [-0.39, 0.29) is 18.0 Å². The molecule has 5 nitrogen and oxygen atoms in total. The number of benzene rings is 1. The fraction of sp³-hybridized carbons (Fsp3) is 0.429. The van der Waals surface area contributed by atoms with Crippen LogP contribution in [0, 0.1) is 0 Å². The first kappa shape index (κ1) is 15.0. The third-order valence-corrected chi connectivity index (χ3v) is 2.71. The van der Waals surface area contributed by atoms with E-state index in [4.69, 9.17) is 0 Å². The number of amides is 3. The van der Waals surface area contributed by atoms with Gasteiger partial charge in [-0.05, 0) is 31.5 Å². The quantitative estimate of drug-likeness (QED) is 0.763. The molecule has 0 aromatic heterocycles. The molecule has 0 spiro atoms. The predicted octanol–water partition coefficient (Wildman–Crippen LogP) is 2.36. The fourth-order valence-corrected chi connectivity index (χ4v) is 1.78. The Morgan fingerprint density at radius 3 is 2.68 bits per heavy atom. The molecule has 0 heterocycles. The molecule has 0 fully saturated rings. The summed E-state index contributed by atoms with van der Waals surface area (Å²) in [6, 6.07) is 6.69. The summed E-state index contributed by atoms with van der Waals surface area (Å²) in [4.78, 5) is 23.2. The van der Waals surface area contributed by atoms with Gasteiger partial charge in [-0.2, -0.15) is 0 Å². The summed E-state index contributed by atoms with van der Waals surface area (Å²) in [5.74, 6) is -0.177. The van der Waals surface area contributed by atoms with Gasteiger partial charge < -0.3 is 16.0 Å². The molecular weight excluding hydrogens is 242 g/mol. The summed E-state index contributed by atoms with van der Waals surface area (Å²) >= 11 is 0. The average molecular weight is 263 g/mol. The van der Waals surface area contributed by atoms with Crippen molar-refractivity contribution in [2.75, 3.05) is 12.4 Å². The van der Waals surface area contributed by atoms with Gasteiger partial charge in [0, 0.05) is 24.3 Å². The second-order valence-corrected chi connectivity index (χ2v) is 4.45. The average Bonchev–Trinajstić information content (AvgIpc) is 2.38. The van der Waals surface area contributed by atoms with E-state index in [9.17, 15) is 9.59 Å². The summed E-state index contributed by atoms with van der Waals surface area (Å²) in [7, 11) is 1.57. The highest BCUT2D eigenvalue weighted by atomic mass is 16.2. The van der Waals surface area contributed by atoms with E-state index in [1.165, 1.54) is 0 Å². The Hall–Kier alpha value is -2.04. The van der Waals surface area contributed by atoms with Crippen LogP contribution in [-0.4, -0.2) is 25.0 Å². The maximum absolute atomic E-state index is 11.7. The van der Waals surface area contributed by atoms with Crippen molar-refractivity contribution in [1.82, 2.24) is 10.6 Å². The smallest absolute Gasteiger partial charge is 0.319 e. The van der Waals surface area contributed by atoms with Crippen molar-refractivity contribution in [2.45, 2.75) is 32.7 Å². The summed E-state index contributed by atoms with van der Waals surface area (Å²) in [6.07, 6.45) is 1.96. The highest BCUT2D eigenvalue weighted by molar-refractivity contribution is 5.96. The molecule has 104 valence electrons. The standard InChI is InChI=1S/C14H21N3O2/c1-4-6-10(2)16-14(19)17-12-8-5-7-11(9-12)13(18)15-3/h5,7-10H,4,6H2,1-3H3,(H,15,18)(H2,16,17,19)/t10-/m0/s1. The molecule has 1 rings (SSSR count). The van der Waals surface area contributed by atoms with Gasteiger partial charge in [0.15, 0.2) is 0 Å². The van der Waals surface area contributed by atoms with Crippen LogP contribution in [0.15, 0.2) is 24.3 Å². The molecule has 5 heteroatoms. The molecule has 0 unspecified atom stereocenters. The molecule has 0 radical (unpaired) electrons. The van der Waals surface area contributed by atoms with Crippen LogP contribution >= 0.6 is 0 Å². The van der Waals surface area contributed by atoms with Crippen LogP contribution < -0.4 is 16.0 Å². The minimum absolute atomic E-state index is 0.132. The number of anilines is 1. The number of rotatable bonds is 5. The molecule has 0 aliphatic carbocycles. The summed E-state index contributed by atoms with van der Waals surface area (Å²) in [6.45, 7) is 4.03. The monoisotopic (exact) mass is 263 g/mol. The zero-order valence-electron chi connectivity index (χ0n) is 11.6. The minimum Gasteiger partial charge on any atom is -0.355 e. The van der Waals surface area contributed by atoms with Crippen LogP contribution in [0.1, 0.15) is 37.0 Å². The topological polar surface area (TPSA) is 70.2 Å². The van der Waals surface area contributed by atoms with Crippen molar-refractivity contribution < 1.29 is 9.59 Å². The molecule has 1 atom stereocenters. The highest BCUT2D eigenvalue weighted by Crippen LogP contribution is 2.10. The number of nitrogens with one attached hydrogen (secondary N) is 3. The Morgan fingerprint density at radius 2 is 2.05 bits per heavy atom. The van der Waals surface area contributed by atoms with Crippen molar-refractivity contribution in [3.8, 4) is 0 Å². The maximum atomic E-state index is 11.7. The van der Waals surface area contributed by atoms with Crippen LogP contribution in [0.5, 0.6) is 0 Å². The largest absolute Gasteiger partial charge is 0.355 e. The molecule has 3 amide bonds. The summed E-state index contributed by atoms with van der Waals surface area (Å²) in [5.41, 5.74) is 1.12. The molecule has 0 aliphatic rings. The first-order valence-corrected chi connectivity index (χ1v) is 6.46. The highest BCUT2D eigenvalue weighted by Gasteiger charge is 2.08. The summed E-state index contributed by atoms with van der Waals surface area (Å²) in [5, 5.41) is 8.11. The van der Waals surface area contributed by atoms with Crippen molar-refractivity contribution in [2.24, 2.45) is 0 Å². The van der Waals surface area contributed by atoms with Gasteiger partial charge in [-0.15, -0.1) is 0 Å². The van der Waals surface area contributed by atoms with Crippen LogP contribution in [0.2, 0.25) is 0 Å². The van der Waals surface area contributed by atoms with Gasteiger partial charge in [0.1, 0.15) is 0 Å². The molecule has 3 N–H and O–H groups in total. The maximum Gasteiger partial charge on any atom is 0.319 e. The van der Waals surface area contributed by atoms with E-state index in [2.05, 4.69) is 22.9 Å². The lowest BCUT2D eigenvalue weighted by Crippen LogP contribution is -2.36. The Labute approximate surface area is 113 Å². The first-order valence-electron chi connectivity index (χ1n) is 6.46. The third-order valence-electron chi connectivity index (χ3n) is 2.71. The summed E-state index contributed by atoms with van der Waals surface area (Å²) < 4.78 is 0. The van der Waals surface area contributed by atoms with Crippen molar-refractivity contribution in [1.29, 1.82) is 0 Å². The van der Waals surface area contributed by atoms with Crippen molar-refractivity contribution in [3.05, 3.63) is 29.8 Å². The Kier molecular flexibility index (Phi) is 5.85. The van der Waals surface area contributed by atoms with Gasteiger partial charge in [0.2, 0.25) is 0 Å². The van der Waals surface area contributed by atoms with E-state index < -0.39 is 0 Å². The Balaban J connectivity index is 2.62. The third kappa shape index (κ3) is 4.99. The van der Waals surface area contributed by atoms with Crippen LogP contribution in [0.3, 0.4) is 0 Å². The van der Waals surface area contributed by atoms with Crippen LogP contribution in [-0.2, 0) is 0 Å². The first-order chi connectivity index (χ1) is 9.06. The molecule has 1 aromatic rings.